The van der Waals surface area contributed by atoms with Crippen LogP contribution in [0.3, 0.4) is 0 Å². The van der Waals surface area contributed by atoms with E-state index in [0.29, 0.717) is 19.3 Å². The Balaban J connectivity index is 4.37. The van der Waals surface area contributed by atoms with Gasteiger partial charge in [0.15, 0.2) is 6.10 Å². The molecule has 1 atom stereocenters. The zero-order valence-electron chi connectivity index (χ0n) is 41.6. The van der Waals surface area contributed by atoms with Crippen molar-refractivity contribution in [3.8, 4) is 0 Å². The summed E-state index contributed by atoms with van der Waals surface area (Å²) in [4.78, 5) is 38.0. The van der Waals surface area contributed by atoms with Gasteiger partial charge in [-0.05, 0) is 103 Å². The first kappa shape index (κ1) is 60.1. The van der Waals surface area contributed by atoms with Crippen molar-refractivity contribution in [2.75, 3.05) is 13.2 Å². The van der Waals surface area contributed by atoms with Crippen LogP contribution in [0.1, 0.15) is 265 Å². The summed E-state index contributed by atoms with van der Waals surface area (Å²) in [6.45, 7) is 6.49. The Hall–Kier alpha value is -2.89. The molecule has 0 saturated carbocycles. The SMILES string of the molecule is CC/C=C\C/C=C\C/C=C\CCCCCCCCCCCC(=O)OCC(COC(=O)CCCCC/C=C\CCCCCCCC)OC(=O)CCCCC/C=C\CCCCCCCC. The van der Waals surface area contributed by atoms with E-state index in [0.717, 1.165) is 103 Å². The highest BCUT2D eigenvalue weighted by molar-refractivity contribution is 5.71. The molecule has 0 aliphatic rings. The summed E-state index contributed by atoms with van der Waals surface area (Å²) in [6.07, 6.45) is 63.5. The lowest BCUT2D eigenvalue weighted by molar-refractivity contribution is -0.167. The zero-order chi connectivity index (χ0) is 45.8. The van der Waals surface area contributed by atoms with Gasteiger partial charge in [0.1, 0.15) is 13.2 Å². The smallest absolute Gasteiger partial charge is 0.306 e. The van der Waals surface area contributed by atoms with E-state index in [1.807, 2.05) is 0 Å². The molecule has 0 saturated heterocycles. The molecule has 0 aliphatic heterocycles. The largest absolute Gasteiger partial charge is 0.462 e. The number of esters is 3. The van der Waals surface area contributed by atoms with Crippen molar-refractivity contribution in [3.05, 3.63) is 60.8 Å². The van der Waals surface area contributed by atoms with E-state index in [4.69, 9.17) is 14.2 Å². The summed E-state index contributed by atoms with van der Waals surface area (Å²) in [6, 6.07) is 0. The van der Waals surface area contributed by atoms with Crippen LogP contribution in [0.2, 0.25) is 0 Å². The third-order valence-corrected chi connectivity index (χ3v) is 11.5. The molecule has 0 amide bonds. The van der Waals surface area contributed by atoms with E-state index >= 15 is 0 Å². The van der Waals surface area contributed by atoms with E-state index in [1.165, 1.54) is 122 Å². The molecule has 0 aliphatic carbocycles. The number of allylic oxidation sites excluding steroid dienone is 10. The summed E-state index contributed by atoms with van der Waals surface area (Å²) in [5.41, 5.74) is 0. The minimum absolute atomic E-state index is 0.0872. The number of hydrogen-bond donors (Lipinski definition) is 0. The molecule has 0 N–H and O–H groups in total. The average Bonchev–Trinajstić information content (AvgIpc) is 3.28. The van der Waals surface area contributed by atoms with Gasteiger partial charge in [-0.3, -0.25) is 14.4 Å². The molecule has 0 aromatic carbocycles. The van der Waals surface area contributed by atoms with Gasteiger partial charge in [0.2, 0.25) is 0 Å². The minimum atomic E-state index is -0.789. The molecule has 1 unspecified atom stereocenters. The first-order valence-electron chi connectivity index (χ1n) is 26.8. The van der Waals surface area contributed by atoms with Gasteiger partial charge >= 0.3 is 17.9 Å². The molecule has 0 bridgehead atoms. The molecule has 63 heavy (non-hydrogen) atoms. The molecule has 364 valence electrons. The Morgan fingerprint density at radius 1 is 0.333 bits per heavy atom. The van der Waals surface area contributed by atoms with Crippen LogP contribution in [-0.4, -0.2) is 37.2 Å². The lowest BCUT2D eigenvalue weighted by Gasteiger charge is -2.18. The van der Waals surface area contributed by atoms with Crippen LogP contribution < -0.4 is 0 Å². The molecule has 0 aromatic heterocycles. The number of carbonyl (C=O) groups excluding carboxylic acids is 3. The lowest BCUT2D eigenvalue weighted by atomic mass is 10.1. The highest BCUT2D eigenvalue weighted by Crippen LogP contribution is 2.14. The van der Waals surface area contributed by atoms with Crippen LogP contribution in [-0.2, 0) is 28.6 Å². The number of carbonyl (C=O) groups is 3. The van der Waals surface area contributed by atoms with Crippen molar-refractivity contribution in [3.63, 3.8) is 0 Å². The van der Waals surface area contributed by atoms with Crippen molar-refractivity contribution >= 4 is 17.9 Å². The molecule has 0 spiro atoms. The second-order valence-electron chi connectivity index (χ2n) is 17.7. The van der Waals surface area contributed by atoms with E-state index in [-0.39, 0.29) is 31.1 Å². The predicted molar refractivity (Wildman–Crippen MR) is 270 cm³/mol. The lowest BCUT2D eigenvalue weighted by Crippen LogP contribution is -2.30. The Bertz CT molecular complexity index is 1150. The van der Waals surface area contributed by atoms with Gasteiger partial charge in [-0.25, -0.2) is 0 Å². The fraction of sp³-hybridized carbons (Fsp3) is 0.772. The maximum absolute atomic E-state index is 12.8. The summed E-state index contributed by atoms with van der Waals surface area (Å²) in [7, 11) is 0. The third-order valence-electron chi connectivity index (χ3n) is 11.5. The predicted octanol–water partition coefficient (Wildman–Crippen LogP) is 17.6. The molecule has 0 heterocycles. The maximum atomic E-state index is 12.8. The van der Waals surface area contributed by atoms with Crippen molar-refractivity contribution < 1.29 is 28.6 Å². The number of hydrogen-bond acceptors (Lipinski definition) is 6. The monoisotopic (exact) mass is 881 g/mol. The summed E-state index contributed by atoms with van der Waals surface area (Å²) in [5, 5.41) is 0. The molecular formula is C57H100O6. The van der Waals surface area contributed by atoms with Crippen molar-refractivity contribution in [1.82, 2.24) is 0 Å². The Kier molecular flexibility index (Phi) is 49.4. The van der Waals surface area contributed by atoms with Crippen molar-refractivity contribution in [2.45, 2.75) is 271 Å². The Morgan fingerprint density at radius 2 is 0.619 bits per heavy atom. The highest BCUT2D eigenvalue weighted by atomic mass is 16.6. The first-order chi connectivity index (χ1) is 31.0. The van der Waals surface area contributed by atoms with Gasteiger partial charge in [-0.15, -0.1) is 0 Å². The van der Waals surface area contributed by atoms with Crippen LogP contribution in [0.15, 0.2) is 60.8 Å². The third kappa shape index (κ3) is 50.0. The minimum Gasteiger partial charge on any atom is -0.462 e. The molecule has 6 heteroatoms. The number of ether oxygens (including phenoxy) is 3. The Labute approximate surface area is 390 Å². The number of rotatable bonds is 48. The van der Waals surface area contributed by atoms with E-state index < -0.39 is 6.10 Å². The molecule has 0 fully saturated rings. The van der Waals surface area contributed by atoms with Gasteiger partial charge in [-0.1, -0.05) is 204 Å². The molecule has 0 aromatic rings. The fourth-order valence-electron chi connectivity index (χ4n) is 7.45. The van der Waals surface area contributed by atoms with Gasteiger partial charge in [0.25, 0.3) is 0 Å². The first-order valence-corrected chi connectivity index (χ1v) is 26.8. The van der Waals surface area contributed by atoms with Gasteiger partial charge in [-0.2, -0.15) is 0 Å². The highest BCUT2D eigenvalue weighted by Gasteiger charge is 2.19. The zero-order valence-corrected chi connectivity index (χ0v) is 41.6. The second kappa shape index (κ2) is 51.7. The van der Waals surface area contributed by atoms with Crippen LogP contribution in [0.5, 0.6) is 0 Å². The van der Waals surface area contributed by atoms with Crippen LogP contribution in [0.25, 0.3) is 0 Å². The van der Waals surface area contributed by atoms with Crippen LogP contribution in [0, 0.1) is 0 Å². The maximum Gasteiger partial charge on any atom is 0.306 e. The second-order valence-corrected chi connectivity index (χ2v) is 17.7. The van der Waals surface area contributed by atoms with E-state index in [1.54, 1.807) is 0 Å². The molecular weight excluding hydrogens is 781 g/mol. The van der Waals surface area contributed by atoms with E-state index in [2.05, 4.69) is 81.5 Å². The van der Waals surface area contributed by atoms with Crippen molar-refractivity contribution in [1.29, 1.82) is 0 Å². The summed E-state index contributed by atoms with van der Waals surface area (Å²) >= 11 is 0. The topological polar surface area (TPSA) is 78.9 Å². The fourth-order valence-corrected chi connectivity index (χ4v) is 7.45. The van der Waals surface area contributed by atoms with Gasteiger partial charge in [0, 0.05) is 19.3 Å². The molecule has 0 radical (unpaired) electrons. The normalized spacial score (nSPS) is 12.5. The standard InChI is InChI=1S/C57H100O6/c1-4-7-10-13-16-19-22-25-26-27-28-29-30-33-35-38-41-44-47-50-56(59)62-53-54(63-57(60)51-48-45-42-39-36-32-24-21-18-15-12-9-6-3)52-61-55(58)49-46-43-40-37-34-31-23-20-17-14-11-8-5-2/h7,10,16,19,25-26,31-32,34,36,54H,4-6,8-9,11-15,17-18,20-24,27-30,33,35,37-53H2,1-3H3/b10-7-,19-16-,26-25-,34-31-,36-32-. The molecule has 0 rings (SSSR count). The average molecular weight is 881 g/mol. The summed E-state index contributed by atoms with van der Waals surface area (Å²) < 4.78 is 16.8. The van der Waals surface area contributed by atoms with Crippen LogP contribution in [0.4, 0.5) is 0 Å². The van der Waals surface area contributed by atoms with Crippen molar-refractivity contribution in [2.24, 2.45) is 0 Å². The summed E-state index contributed by atoms with van der Waals surface area (Å²) in [5.74, 6) is -0.920. The van der Waals surface area contributed by atoms with E-state index in [9.17, 15) is 14.4 Å². The molecule has 6 nitrogen and oxygen atoms in total. The van der Waals surface area contributed by atoms with Gasteiger partial charge < -0.3 is 14.2 Å². The van der Waals surface area contributed by atoms with Crippen LogP contribution >= 0.6 is 0 Å². The Morgan fingerprint density at radius 3 is 1.00 bits per heavy atom. The quantitative estimate of drug-likeness (QED) is 0.0262. The van der Waals surface area contributed by atoms with Gasteiger partial charge in [0.05, 0.1) is 0 Å². The number of unbranched alkanes of at least 4 members (excludes halogenated alkanes) is 27.